The van der Waals surface area contributed by atoms with Crippen LogP contribution >= 0.6 is 0 Å². The van der Waals surface area contributed by atoms with Gasteiger partial charge in [0.15, 0.2) is 0 Å². The number of nitrogen functional groups attached to an aromatic ring is 1. The van der Waals surface area contributed by atoms with Crippen LogP contribution in [0.2, 0.25) is 0 Å². The molecule has 0 spiro atoms. The number of hydrogen-bond acceptors (Lipinski definition) is 4. The van der Waals surface area contributed by atoms with Gasteiger partial charge in [-0.05, 0) is 18.6 Å². The van der Waals surface area contributed by atoms with Crippen molar-refractivity contribution in [1.82, 2.24) is 4.90 Å². The molecule has 20 heavy (non-hydrogen) atoms. The Bertz CT molecular complexity index is 476. The van der Waals surface area contributed by atoms with Crippen molar-refractivity contribution in [3.05, 3.63) is 18.2 Å². The summed E-state index contributed by atoms with van der Waals surface area (Å²) < 4.78 is 5.59. The second kappa shape index (κ2) is 6.50. The number of ether oxygens (including phenoxy) is 1. The van der Waals surface area contributed by atoms with Crippen molar-refractivity contribution in [3.8, 4) is 5.75 Å². The van der Waals surface area contributed by atoms with Crippen molar-refractivity contribution in [2.24, 2.45) is 0 Å². The number of para-hydroxylation sites is 1. The van der Waals surface area contributed by atoms with Crippen LogP contribution in [0.5, 0.6) is 5.75 Å². The second-order valence-corrected chi connectivity index (χ2v) is 5.13. The highest BCUT2D eigenvalue weighted by Gasteiger charge is 2.23. The highest BCUT2D eigenvalue weighted by Crippen LogP contribution is 2.36. The smallest absolute Gasteiger partial charge is 0.241 e. The molecule has 110 valence electrons. The van der Waals surface area contributed by atoms with Gasteiger partial charge in [0.2, 0.25) is 5.91 Å². The quantitative estimate of drug-likeness (QED) is 0.833. The van der Waals surface area contributed by atoms with Crippen LogP contribution in [0.15, 0.2) is 18.2 Å². The van der Waals surface area contributed by atoms with Crippen molar-refractivity contribution < 1.29 is 9.53 Å². The number of fused-ring (bicyclic) bond motifs is 1. The van der Waals surface area contributed by atoms with Gasteiger partial charge in [-0.15, -0.1) is 0 Å². The van der Waals surface area contributed by atoms with Gasteiger partial charge in [0.25, 0.3) is 0 Å². The number of anilines is 2. The molecule has 1 aliphatic rings. The Balaban J connectivity index is 2.06. The number of hydrogen-bond donors (Lipinski definition) is 1. The van der Waals surface area contributed by atoms with Gasteiger partial charge in [0, 0.05) is 13.6 Å². The minimum Gasteiger partial charge on any atom is -0.489 e. The number of rotatable bonds is 5. The predicted molar refractivity (Wildman–Crippen MR) is 81.1 cm³/mol. The lowest BCUT2D eigenvalue weighted by Crippen LogP contribution is -2.42. The Morgan fingerprint density at radius 2 is 2.30 bits per heavy atom. The molecule has 1 aliphatic heterocycles. The van der Waals surface area contributed by atoms with Crippen LogP contribution in [0, 0.1) is 0 Å². The third-order valence-electron chi connectivity index (χ3n) is 3.56. The first-order valence-electron chi connectivity index (χ1n) is 7.13. The van der Waals surface area contributed by atoms with Crippen LogP contribution in [0.3, 0.4) is 0 Å². The zero-order chi connectivity index (χ0) is 14.5. The molecule has 0 fully saturated rings. The Hall–Kier alpha value is -1.91. The maximum atomic E-state index is 12.2. The van der Waals surface area contributed by atoms with E-state index in [2.05, 4.69) is 6.92 Å². The molecule has 0 aromatic heterocycles. The first kappa shape index (κ1) is 14.5. The summed E-state index contributed by atoms with van der Waals surface area (Å²) >= 11 is 0. The predicted octanol–water partition coefficient (Wildman–Crippen LogP) is 1.73. The fourth-order valence-electron chi connectivity index (χ4n) is 2.33. The van der Waals surface area contributed by atoms with E-state index < -0.39 is 0 Å². The normalized spacial score (nSPS) is 13.6. The minimum atomic E-state index is 0.120. The molecule has 0 atom stereocenters. The van der Waals surface area contributed by atoms with Crippen molar-refractivity contribution in [3.63, 3.8) is 0 Å². The van der Waals surface area contributed by atoms with Crippen LogP contribution < -0.4 is 15.4 Å². The number of likely N-dealkylation sites (N-methyl/N-ethyl adjacent to an activating group) is 1. The lowest BCUT2D eigenvalue weighted by atomic mass is 10.2. The molecule has 0 unspecified atom stereocenters. The SMILES string of the molecule is CCCCN(C)C(=O)CN1CCOc2cccc(N)c21. The van der Waals surface area contributed by atoms with Crippen LogP contribution in [-0.2, 0) is 4.79 Å². The summed E-state index contributed by atoms with van der Waals surface area (Å²) in [4.78, 5) is 16.0. The topological polar surface area (TPSA) is 58.8 Å². The molecule has 5 nitrogen and oxygen atoms in total. The first-order chi connectivity index (χ1) is 9.63. The molecule has 2 N–H and O–H groups in total. The molecule has 2 rings (SSSR count). The van der Waals surface area contributed by atoms with Gasteiger partial charge in [-0.25, -0.2) is 0 Å². The summed E-state index contributed by atoms with van der Waals surface area (Å²) in [6.07, 6.45) is 2.12. The van der Waals surface area contributed by atoms with E-state index in [9.17, 15) is 4.79 Å². The van der Waals surface area contributed by atoms with Crippen LogP contribution in [-0.4, -0.2) is 44.1 Å². The van der Waals surface area contributed by atoms with Gasteiger partial charge in [-0.3, -0.25) is 4.79 Å². The maximum Gasteiger partial charge on any atom is 0.241 e. The van der Waals surface area contributed by atoms with E-state index in [-0.39, 0.29) is 5.91 Å². The number of nitrogens with zero attached hydrogens (tertiary/aromatic N) is 2. The molecule has 5 heteroatoms. The highest BCUT2D eigenvalue weighted by molar-refractivity contribution is 5.85. The zero-order valence-corrected chi connectivity index (χ0v) is 12.3. The molecule has 1 aromatic rings. The molecular weight excluding hydrogens is 254 g/mol. The molecule has 0 saturated heterocycles. The molecule has 0 saturated carbocycles. The Morgan fingerprint density at radius 1 is 1.50 bits per heavy atom. The van der Waals surface area contributed by atoms with E-state index in [1.54, 1.807) is 4.90 Å². The summed E-state index contributed by atoms with van der Waals surface area (Å²) in [5.74, 6) is 0.884. The largest absolute Gasteiger partial charge is 0.489 e. The number of nitrogens with two attached hydrogens (primary N) is 1. The minimum absolute atomic E-state index is 0.120. The number of amides is 1. The van der Waals surface area contributed by atoms with Gasteiger partial charge in [0.05, 0.1) is 18.8 Å². The van der Waals surface area contributed by atoms with Crippen molar-refractivity contribution in [2.45, 2.75) is 19.8 Å². The Morgan fingerprint density at radius 3 is 3.05 bits per heavy atom. The molecule has 0 aliphatic carbocycles. The fourth-order valence-corrected chi connectivity index (χ4v) is 2.33. The van der Waals surface area contributed by atoms with Crippen LogP contribution in [0.25, 0.3) is 0 Å². The number of carbonyl (C=O) groups excluding carboxylic acids is 1. The van der Waals surface area contributed by atoms with Gasteiger partial charge < -0.3 is 20.3 Å². The van der Waals surface area contributed by atoms with Crippen LogP contribution in [0.1, 0.15) is 19.8 Å². The third kappa shape index (κ3) is 3.15. The van der Waals surface area contributed by atoms with Gasteiger partial charge in [-0.2, -0.15) is 0 Å². The summed E-state index contributed by atoms with van der Waals surface area (Å²) in [6.45, 7) is 4.55. The van der Waals surface area contributed by atoms with Gasteiger partial charge >= 0.3 is 0 Å². The zero-order valence-electron chi connectivity index (χ0n) is 12.3. The summed E-state index contributed by atoms with van der Waals surface area (Å²) in [5, 5.41) is 0. The summed E-state index contributed by atoms with van der Waals surface area (Å²) in [6, 6.07) is 5.60. The molecule has 0 bridgehead atoms. The van der Waals surface area contributed by atoms with E-state index in [1.807, 2.05) is 30.1 Å². The van der Waals surface area contributed by atoms with Crippen molar-refractivity contribution >= 4 is 17.3 Å². The third-order valence-corrected chi connectivity index (χ3v) is 3.56. The lowest BCUT2D eigenvalue weighted by Gasteiger charge is -2.32. The lowest BCUT2D eigenvalue weighted by molar-refractivity contribution is -0.128. The Labute approximate surface area is 120 Å². The number of unbranched alkanes of at least 4 members (excludes halogenated alkanes) is 1. The fraction of sp³-hybridized carbons (Fsp3) is 0.533. The molecule has 1 aromatic carbocycles. The molecule has 0 radical (unpaired) electrons. The molecule has 1 heterocycles. The Kier molecular flexibility index (Phi) is 4.71. The monoisotopic (exact) mass is 277 g/mol. The standard InChI is InChI=1S/C15H23N3O2/c1-3-4-8-17(2)14(19)11-18-9-10-20-13-7-5-6-12(16)15(13)18/h5-7H,3-4,8-11,16H2,1-2H3. The van der Waals surface area contributed by atoms with Crippen LogP contribution in [0.4, 0.5) is 11.4 Å². The number of carbonyl (C=O) groups is 1. The average molecular weight is 277 g/mol. The second-order valence-electron chi connectivity index (χ2n) is 5.13. The highest BCUT2D eigenvalue weighted by atomic mass is 16.5. The van der Waals surface area contributed by atoms with Gasteiger partial charge in [0.1, 0.15) is 18.0 Å². The molecule has 1 amide bonds. The van der Waals surface area contributed by atoms with Crippen molar-refractivity contribution in [1.29, 1.82) is 0 Å². The number of benzene rings is 1. The van der Waals surface area contributed by atoms with E-state index in [0.717, 1.165) is 30.8 Å². The first-order valence-corrected chi connectivity index (χ1v) is 7.13. The van der Waals surface area contributed by atoms with E-state index in [4.69, 9.17) is 10.5 Å². The van der Waals surface area contributed by atoms with Crippen molar-refractivity contribution in [2.75, 3.05) is 43.9 Å². The summed E-state index contributed by atoms with van der Waals surface area (Å²) in [7, 11) is 1.85. The maximum absolute atomic E-state index is 12.2. The van der Waals surface area contributed by atoms with Gasteiger partial charge in [-0.1, -0.05) is 19.4 Å². The molecular formula is C15H23N3O2. The van der Waals surface area contributed by atoms with E-state index in [0.29, 0.717) is 25.4 Å². The van der Waals surface area contributed by atoms with E-state index in [1.165, 1.54) is 0 Å². The average Bonchev–Trinajstić information content (AvgIpc) is 2.45. The van der Waals surface area contributed by atoms with E-state index >= 15 is 0 Å². The summed E-state index contributed by atoms with van der Waals surface area (Å²) in [5.41, 5.74) is 7.52.